The Bertz CT molecular complexity index is 1200. The molecule has 0 unspecified atom stereocenters. The molecule has 0 aliphatic carbocycles. The molecule has 3 aromatic carbocycles. The molecule has 0 aliphatic rings. The van der Waals surface area contributed by atoms with Crippen molar-refractivity contribution in [1.82, 2.24) is 10.2 Å². The van der Waals surface area contributed by atoms with Crippen LogP contribution in [0.2, 0.25) is 0 Å². The van der Waals surface area contributed by atoms with E-state index in [4.69, 9.17) is 5.11 Å². The van der Waals surface area contributed by atoms with Crippen LogP contribution in [0.5, 0.6) is 0 Å². The smallest absolute Gasteiger partial charge is 0.416 e. The summed E-state index contributed by atoms with van der Waals surface area (Å²) in [6.07, 6.45) is -3.58. The molecule has 0 atom stereocenters. The van der Waals surface area contributed by atoms with Crippen LogP contribution in [-0.4, -0.2) is 29.1 Å². The molecular formula is C31H37F3N2O2. The Labute approximate surface area is 223 Å². The molecule has 0 aromatic heterocycles. The van der Waals surface area contributed by atoms with Crippen LogP contribution in [0.15, 0.2) is 66.7 Å². The van der Waals surface area contributed by atoms with E-state index in [1.54, 1.807) is 37.3 Å². The standard InChI is InChI=1S/C31H37F3N2O2/c1-22-16-25(18-28(17-22)31(32,33)34)21-36(20-24-6-10-26(11-7-24)29(37)38)15-5-14-35-19-23-8-12-27(13-9-23)30(2,3)4/h6-13,16-18,35H,5,14-15,19-21H2,1-4H3,(H,37,38). The summed E-state index contributed by atoms with van der Waals surface area (Å²) >= 11 is 0. The Kier molecular flexibility index (Phi) is 9.74. The molecule has 0 spiro atoms. The highest BCUT2D eigenvalue weighted by Gasteiger charge is 2.31. The van der Waals surface area contributed by atoms with E-state index in [2.05, 4.69) is 55.3 Å². The second-order valence-corrected chi connectivity index (χ2v) is 10.9. The van der Waals surface area contributed by atoms with Crippen molar-refractivity contribution < 1.29 is 23.1 Å². The van der Waals surface area contributed by atoms with Gasteiger partial charge in [-0.15, -0.1) is 0 Å². The van der Waals surface area contributed by atoms with Crippen LogP contribution < -0.4 is 5.32 Å². The molecule has 0 fully saturated rings. The lowest BCUT2D eigenvalue weighted by Gasteiger charge is -2.24. The fraction of sp³-hybridized carbons (Fsp3) is 0.387. The number of carboxylic acid groups (broad SMARTS) is 1. The number of alkyl halides is 3. The minimum Gasteiger partial charge on any atom is -0.478 e. The van der Waals surface area contributed by atoms with Crippen molar-refractivity contribution in [2.45, 2.75) is 65.3 Å². The zero-order valence-electron chi connectivity index (χ0n) is 22.5. The van der Waals surface area contributed by atoms with Gasteiger partial charge in [-0.05, 0) is 71.8 Å². The van der Waals surface area contributed by atoms with Crippen LogP contribution in [0.3, 0.4) is 0 Å². The topological polar surface area (TPSA) is 52.6 Å². The minimum atomic E-state index is -4.40. The maximum absolute atomic E-state index is 13.4. The third-order valence-corrected chi connectivity index (χ3v) is 6.45. The second-order valence-electron chi connectivity index (χ2n) is 10.9. The summed E-state index contributed by atoms with van der Waals surface area (Å²) in [5.74, 6) is -0.994. The van der Waals surface area contributed by atoms with Crippen molar-refractivity contribution in [2.75, 3.05) is 13.1 Å². The lowest BCUT2D eigenvalue weighted by atomic mass is 9.87. The highest BCUT2D eigenvalue weighted by atomic mass is 19.4. The number of carboxylic acids is 1. The van der Waals surface area contributed by atoms with Crippen molar-refractivity contribution in [1.29, 1.82) is 0 Å². The van der Waals surface area contributed by atoms with Gasteiger partial charge in [0.15, 0.2) is 0 Å². The van der Waals surface area contributed by atoms with Crippen LogP contribution >= 0.6 is 0 Å². The molecule has 7 heteroatoms. The van der Waals surface area contributed by atoms with E-state index in [-0.39, 0.29) is 11.0 Å². The first-order valence-electron chi connectivity index (χ1n) is 12.8. The van der Waals surface area contributed by atoms with Gasteiger partial charge in [0.1, 0.15) is 0 Å². The van der Waals surface area contributed by atoms with Crippen molar-refractivity contribution in [3.8, 4) is 0 Å². The van der Waals surface area contributed by atoms with E-state index in [1.165, 1.54) is 17.2 Å². The summed E-state index contributed by atoms with van der Waals surface area (Å²) in [5, 5.41) is 12.6. The lowest BCUT2D eigenvalue weighted by Crippen LogP contribution is -2.27. The normalized spacial score (nSPS) is 12.2. The van der Waals surface area contributed by atoms with Gasteiger partial charge in [-0.1, -0.05) is 68.8 Å². The predicted molar refractivity (Wildman–Crippen MR) is 145 cm³/mol. The summed E-state index contributed by atoms with van der Waals surface area (Å²) < 4.78 is 40.1. The third-order valence-electron chi connectivity index (χ3n) is 6.45. The summed E-state index contributed by atoms with van der Waals surface area (Å²) in [4.78, 5) is 13.3. The van der Waals surface area contributed by atoms with Gasteiger partial charge in [-0.2, -0.15) is 13.2 Å². The number of rotatable bonds is 11. The lowest BCUT2D eigenvalue weighted by molar-refractivity contribution is -0.137. The number of aromatic carboxylic acids is 1. The number of hydrogen-bond acceptors (Lipinski definition) is 3. The summed E-state index contributed by atoms with van der Waals surface area (Å²) in [6.45, 7) is 11.3. The first kappa shape index (κ1) is 29.4. The molecule has 204 valence electrons. The van der Waals surface area contributed by atoms with Crippen molar-refractivity contribution in [3.05, 3.63) is 106 Å². The van der Waals surface area contributed by atoms with Crippen molar-refractivity contribution >= 4 is 5.97 Å². The Morgan fingerprint density at radius 1 is 0.842 bits per heavy atom. The van der Waals surface area contributed by atoms with E-state index < -0.39 is 17.7 Å². The van der Waals surface area contributed by atoms with E-state index in [9.17, 15) is 18.0 Å². The largest absolute Gasteiger partial charge is 0.478 e. The van der Waals surface area contributed by atoms with Crippen molar-refractivity contribution in [3.63, 3.8) is 0 Å². The Morgan fingerprint density at radius 3 is 2.03 bits per heavy atom. The predicted octanol–water partition coefficient (Wildman–Crippen LogP) is 7.19. The molecule has 2 N–H and O–H groups in total. The maximum atomic E-state index is 13.4. The molecule has 3 aromatic rings. The molecule has 38 heavy (non-hydrogen) atoms. The first-order valence-corrected chi connectivity index (χ1v) is 12.8. The van der Waals surface area contributed by atoms with Crippen LogP contribution in [0.4, 0.5) is 13.2 Å². The Balaban J connectivity index is 1.63. The zero-order chi connectivity index (χ0) is 27.9. The first-order chi connectivity index (χ1) is 17.8. The second kappa shape index (κ2) is 12.6. The molecule has 0 amide bonds. The molecule has 0 saturated heterocycles. The average Bonchev–Trinajstić information content (AvgIpc) is 2.83. The minimum absolute atomic E-state index is 0.113. The van der Waals surface area contributed by atoms with Gasteiger partial charge in [-0.3, -0.25) is 4.90 Å². The van der Waals surface area contributed by atoms with Gasteiger partial charge < -0.3 is 10.4 Å². The molecule has 4 nitrogen and oxygen atoms in total. The highest BCUT2D eigenvalue weighted by Crippen LogP contribution is 2.31. The Hall–Kier alpha value is -3.16. The number of nitrogens with one attached hydrogen (secondary N) is 1. The average molecular weight is 527 g/mol. The number of aryl methyl sites for hydroxylation is 1. The summed E-state index contributed by atoms with van der Waals surface area (Å²) in [6, 6.07) is 19.4. The molecule has 3 rings (SSSR count). The fourth-order valence-corrected chi connectivity index (χ4v) is 4.38. The monoisotopic (exact) mass is 526 g/mol. The van der Waals surface area contributed by atoms with Gasteiger partial charge in [0.2, 0.25) is 0 Å². The molecule has 0 radical (unpaired) electrons. The Morgan fingerprint density at radius 2 is 1.45 bits per heavy atom. The van der Waals surface area contributed by atoms with Gasteiger partial charge in [0.05, 0.1) is 11.1 Å². The molecular weight excluding hydrogens is 489 g/mol. The molecule has 0 bridgehead atoms. The summed E-state index contributed by atoms with van der Waals surface area (Å²) in [5.41, 5.74) is 4.25. The molecule has 0 saturated carbocycles. The van der Waals surface area contributed by atoms with E-state index in [0.717, 1.165) is 31.1 Å². The van der Waals surface area contributed by atoms with E-state index >= 15 is 0 Å². The van der Waals surface area contributed by atoms with Gasteiger partial charge in [0, 0.05) is 26.2 Å². The van der Waals surface area contributed by atoms with Gasteiger partial charge >= 0.3 is 12.1 Å². The quantitative estimate of drug-likeness (QED) is 0.260. The van der Waals surface area contributed by atoms with Crippen LogP contribution in [0, 0.1) is 6.92 Å². The zero-order valence-corrected chi connectivity index (χ0v) is 22.5. The third kappa shape index (κ3) is 8.99. The van der Waals surface area contributed by atoms with Crippen LogP contribution in [0.1, 0.15) is 70.9 Å². The van der Waals surface area contributed by atoms with Crippen LogP contribution in [-0.2, 0) is 31.2 Å². The van der Waals surface area contributed by atoms with Gasteiger partial charge in [-0.25, -0.2) is 4.79 Å². The number of carbonyl (C=O) groups is 1. The maximum Gasteiger partial charge on any atom is 0.416 e. The number of nitrogens with zero attached hydrogens (tertiary/aromatic N) is 1. The van der Waals surface area contributed by atoms with Crippen molar-refractivity contribution in [2.24, 2.45) is 0 Å². The highest BCUT2D eigenvalue weighted by molar-refractivity contribution is 5.87. The van der Waals surface area contributed by atoms with E-state index in [0.29, 0.717) is 30.8 Å². The summed E-state index contributed by atoms with van der Waals surface area (Å²) in [7, 11) is 0. The number of hydrogen-bond donors (Lipinski definition) is 2. The number of halogens is 3. The fourth-order valence-electron chi connectivity index (χ4n) is 4.38. The van der Waals surface area contributed by atoms with Crippen LogP contribution in [0.25, 0.3) is 0 Å². The SMILES string of the molecule is Cc1cc(CN(CCCNCc2ccc(C(C)(C)C)cc2)Cc2ccc(C(=O)O)cc2)cc(C(F)(F)F)c1. The van der Waals surface area contributed by atoms with E-state index in [1.807, 2.05) is 0 Å². The number of benzene rings is 3. The molecule has 0 heterocycles. The molecule has 0 aliphatic heterocycles. The van der Waals surface area contributed by atoms with Gasteiger partial charge in [0.25, 0.3) is 0 Å².